The Morgan fingerprint density at radius 1 is 0.947 bits per heavy atom. The second-order valence-electron chi connectivity index (χ2n) is 12.0. The Kier molecular flexibility index (Phi) is 5.32. The number of hydrogen-bond donors (Lipinski definition) is 1. The van der Waals surface area contributed by atoms with Crippen LogP contribution < -0.4 is 11.2 Å². The molecule has 4 aliphatic carbocycles. The summed E-state index contributed by atoms with van der Waals surface area (Å²) in [6.07, 6.45) is 9.92. The molecule has 4 aromatic rings. The molecule has 0 saturated heterocycles. The molecule has 8 heteroatoms. The van der Waals surface area contributed by atoms with Gasteiger partial charge in [0.15, 0.2) is 0 Å². The van der Waals surface area contributed by atoms with E-state index in [4.69, 9.17) is 0 Å². The van der Waals surface area contributed by atoms with Gasteiger partial charge in [-0.2, -0.15) is 0 Å². The van der Waals surface area contributed by atoms with E-state index in [1.54, 1.807) is 34.1 Å². The SMILES string of the molecule is Cc1[nH]n(-c2ccc(C34CC5CC(CC(C5)C3)C4)cc2)c(=O)c1C=Nc1cc2c(cc1Br)n(C)c(=O)n2C. The number of rotatable bonds is 4. The summed E-state index contributed by atoms with van der Waals surface area (Å²) in [7, 11) is 3.50. The highest BCUT2D eigenvalue weighted by atomic mass is 79.9. The van der Waals surface area contributed by atoms with Crippen LogP contribution in [0.25, 0.3) is 16.7 Å². The van der Waals surface area contributed by atoms with E-state index in [2.05, 4.69) is 50.3 Å². The minimum absolute atomic E-state index is 0.0911. The number of fused-ring (bicyclic) bond motifs is 1. The van der Waals surface area contributed by atoms with E-state index >= 15 is 0 Å². The predicted octanol–water partition coefficient (Wildman–Crippen LogP) is 5.65. The standard InChI is InChI=1S/C30H32BrN5O2/c1-17-23(16-32-25-12-27-26(11-24(25)31)34(2)29(38)35(27)3)28(37)36(33-17)22-6-4-21(5-7-22)30-13-18-8-19(14-30)10-20(9-18)15-30/h4-7,11-12,16,18-20,33H,8-10,13-15H2,1-3H3. The number of hydrogen-bond acceptors (Lipinski definition) is 3. The van der Waals surface area contributed by atoms with Gasteiger partial charge in [-0.1, -0.05) is 12.1 Å². The maximum atomic E-state index is 13.4. The number of aryl methyl sites for hydroxylation is 3. The third kappa shape index (κ3) is 3.56. The number of aliphatic imine (C=N–C) groups is 1. The van der Waals surface area contributed by atoms with Crippen LogP contribution in [0.1, 0.15) is 55.3 Å². The highest BCUT2D eigenvalue weighted by molar-refractivity contribution is 9.10. The van der Waals surface area contributed by atoms with Crippen LogP contribution in [-0.2, 0) is 19.5 Å². The van der Waals surface area contributed by atoms with Crippen LogP contribution in [0.15, 0.2) is 55.5 Å². The number of aromatic nitrogens is 4. The normalized spacial score (nSPS) is 26.3. The number of aromatic amines is 1. The van der Waals surface area contributed by atoms with Crippen LogP contribution in [0.5, 0.6) is 0 Å². The molecule has 2 aromatic carbocycles. The molecule has 4 saturated carbocycles. The van der Waals surface area contributed by atoms with Crippen molar-refractivity contribution in [3.05, 3.63) is 78.5 Å². The van der Waals surface area contributed by atoms with Crippen LogP contribution in [0.4, 0.5) is 5.69 Å². The minimum Gasteiger partial charge on any atom is -0.295 e. The fourth-order valence-electron chi connectivity index (χ4n) is 8.06. The summed E-state index contributed by atoms with van der Waals surface area (Å²) in [5.41, 5.74) is 5.96. The van der Waals surface area contributed by atoms with E-state index in [1.807, 2.05) is 19.1 Å². The molecular weight excluding hydrogens is 542 g/mol. The molecule has 1 N–H and O–H groups in total. The van der Waals surface area contributed by atoms with Crippen LogP contribution in [0.2, 0.25) is 0 Å². The Bertz CT molecular complexity index is 1700. The smallest absolute Gasteiger partial charge is 0.295 e. The number of imidazole rings is 1. The molecule has 196 valence electrons. The van der Waals surface area contributed by atoms with Crippen molar-refractivity contribution in [3.8, 4) is 5.69 Å². The van der Waals surface area contributed by atoms with Gasteiger partial charge < -0.3 is 0 Å². The lowest BCUT2D eigenvalue weighted by molar-refractivity contribution is -0.00518. The average molecular weight is 575 g/mol. The second-order valence-corrected chi connectivity index (χ2v) is 12.8. The molecule has 2 aromatic heterocycles. The molecule has 4 aliphatic rings. The van der Waals surface area contributed by atoms with Crippen LogP contribution in [-0.4, -0.2) is 25.1 Å². The highest BCUT2D eigenvalue weighted by Crippen LogP contribution is 2.60. The van der Waals surface area contributed by atoms with E-state index in [1.165, 1.54) is 44.1 Å². The van der Waals surface area contributed by atoms with Gasteiger partial charge in [-0.15, -0.1) is 0 Å². The lowest BCUT2D eigenvalue weighted by atomic mass is 9.48. The molecule has 2 heterocycles. The van der Waals surface area contributed by atoms with Crippen molar-refractivity contribution in [1.82, 2.24) is 18.9 Å². The molecule has 7 nitrogen and oxygen atoms in total. The van der Waals surface area contributed by atoms with Gasteiger partial charge in [-0.25, -0.2) is 9.48 Å². The fraction of sp³-hybridized carbons (Fsp3) is 0.433. The lowest BCUT2D eigenvalue weighted by Gasteiger charge is -2.57. The minimum atomic E-state index is -0.127. The Balaban J connectivity index is 1.19. The zero-order chi connectivity index (χ0) is 26.3. The van der Waals surface area contributed by atoms with Crippen LogP contribution >= 0.6 is 15.9 Å². The molecule has 0 unspecified atom stereocenters. The summed E-state index contributed by atoms with van der Waals surface area (Å²) in [5.74, 6) is 2.72. The second kappa shape index (κ2) is 8.43. The van der Waals surface area contributed by atoms with Crippen molar-refractivity contribution in [2.45, 2.75) is 50.9 Å². The number of benzene rings is 2. The Labute approximate surface area is 229 Å². The van der Waals surface area contributed by atoms with Gasteiger partial charge in [0.2, 0.25) is 0 Å². The van der Waals surface area contributed by atoms with E-state index in [-0.39, 0.29) is 11.2 Å². The van der Waals surface area contributed by atoms with Crippen molar-refractivity contribution in [2.75, 3.05) is 0 Å². The van der Waals surface area contributed by atoms with Crippen molar-refractivity contribution >= 4 is 38.9 Å². The molecule has 0 amide bonds. The molecular formula is C30H32BrN5O2. The van der Waals surface area contributed by atoms with Gasteiger partial charge in [-0.3, -0.25) is 24.0 Å². The first kappa shape index (κ1) is 23.9. The molecule has 0 atom stereocenters. The quantitative estimate of drug-likeness (QED) is 0.320. The molecule has 0 spiro atoms. The molecule has 38 heavy (non-hydrogen) atoms. The van der Waals surface area contributed by atoms with Gasteiger partial charge in [0.1, 0.15) is 0 Å². The first-order valence-electron chi connectivity index (χ1n) is 13.5. The first-order valence-corrected chi connectivity index (χ1v) is 14.3. The number of H-pyrrole nitrogens is 1. The average Bonchev–Trinajstić information content (AvgIpc) is 3.28. The predicted molar refractivity (Wildman–Crippen MR) is 154 cm³/mol. The topological polar surface area (TPSA) is 77.1 Å². The first-order chi connectivity index (χ1) is 18.2. The van der Waals surface area contributed by atoms with Crippen molar-refractivity contribution in [3.63, 3.8) is 0 Å². The summed E-state index contributed by atoms with van der Waals surface area (Å²) in [6, 6.07) is 12.4. The zero-order valence-electron chi connectivity index (χ0n) is 22.0. The Hall–Kier alpha value is -3.13. The van der Waals surface area contributed by atoms with Crippen LogP contribution in [0, 0.1) is 24.7 Å². The lowest BCUT2D eigenvalue weighted by Crippen LogP contribution is -2.48. The van der Waals surface area contributed by atoms with Crippen molar-refractivity contribution < 1.29 is 0 Å². The Morgan fingerprint density at radius 3 is 2.13 bits per heavy atom. The Morgan fingerprint density at radius 2 is 1.53 bits per heavy atom. The largest absolute Gasteiger partial charge is 0.328 e. The summed E-state index contributed by atoms with van der Waals surface area (Å²) < 4.78 is 5.58. The molecule has 4 bridgehead atoms. The van der Waals surface area contributed by atoms with E-state index < -0.39 is 0 Å². The maximum Gasteiger partial charge on any atom is 0.328 e. The maximum absolute atomic E-state index is 13.4. The van der Waals surface area contributed by atoms with Gasteiger partial charge in [0.05, 0.1) is 28.0 Å². The number of nitrogens with one attached hydrogen (secondary N) is 1. The van der Waals surface area contributed by atoms with Crippen LogP contribution in [0.3, 0.4) is 0 Å². The molecule has 0 radical (unpaired) electrons. The third-order valence-electron chi connectivity index (χ3n) is 9.57. The monoisotopic (exact) mass is 573 g/mol. The molecule has 0 aliphatic heterocycles. The highest BCUT2D eigenvalue weighted by Gasteiger charge is 2.51. The summed E-state index contributed by atoms with van der Waals surface area (Å²) >= 11 is 3.57. The molecule has 8 rings (SSSR count). The van der Waals surface area contributed by atoms with Gasteiger partial charge in [0.25, 0.3) is 5.56 Å². The fourth-order valence-corrected chi connectivity index (χ4v) is 8.50. The van der Waals surface area contributed by atoms with E-state index in [0.717, 1.165) is 44.6 Å². The number of halogens is 1. The zero-order valence-corrected chi connectivity index (χ0v) is 23.6. The number of nitrogens with zero attached hydrogens (tertiary/aromatic N) is 4. The van der Waals surface area contributed by atoms with E-state index in [9.17, 15) is 9.59 Å². The molecule has 4 fully saturated rings. The van der Waals surface area contributed by atoms with Crippen molar-refractivity contribution in [2.24, 2.45) is 36.8 Å². The summed E-state index contributed by atoms with van der Waals surface area (Å²) in [5, 5.41) is 3.24. The van der Waals surface area contributed by atoms with E-state index in [0.29, 0.717) is 16.7 Å². The third-order valence-corrected chi connectivity index (χ3v) is 10.2. The summed E-state index contributed by atoms with van der Waals surface area (Å²) in [6.45, 7) is 1.89. The van der Waals surface area contributed by atoms with Gasteiger partial charge in [0, 0.05) is 30.5 Å². The van der Waals surface area contributed by atoms with Gasteiger partial charge in [-0.05, 0) is 114 Å². The van der Waals surface area contributed by atoms with Crippen molar-refractivity contribution in [1.29, 1.82) is 0 Å². The van der Waals surface area contributed by atoms with Gasteiger partial charge >= 0.3 is 5.69 Å². The summed E-state index contributed by atoms with van der Waals surface area (Å²) in [4.78, 5) is 30.3.